The molecule has 6 heteroatoms. The van der Waals surface area contributed by atoms with Crippen molar-refractivity contribution in [2.45, 2.75) is 6.42 Å². The van der Waals surface area contributed by atoms with Gasteiger partial charge in [-0.05, 0) is 41.8 Å². The van der Waals surface area contributed by atoms with Gasteiger partial charge < -0.3 is 14.6 Å². The van der Waals surface area contributed by atoms with Gasteiger partial charge in [-0.25, -0.2) is 4.79 Å². The maximum atomic E-state index is 11.7. The predicted octanol–water partition coefficient (Wildman–Crippen LogP) is 2.83. The van der Waals surface area contributed by atoms with E-state index in [0.717, 1.165) is 11.3 Å². The lowest BCUT2D eigenvalue weighted by atomic mass is 9.96. The highest BCUT2D eigenvalue weighted by molar-refractivity contribution is 5.98. The quantitative estimate of drug-likeness (QED) is 0.671. The molecule has 25 heavy (non-hydrogen) atoms. The summed E-state index contributed by atoms with van der Waals surface area (Å²) in [6.45, 7) is -0.00160. The van der Waals surface area contributed by atoms with Crippen molar-refractivity contribution in [3.8, 4) is 11.5 Å². The maximum absolute atomic E-state index is 11.7. The third-order valence-corrected chi connectivity index (χ3v) is 3.97. The fourth-order valence-corrected chi connectivity index (χ4v) is 2.80. The average molecular weight is 338 g/mol. The van der Waals surface area contributed by atoms with Gasteiger partial charge in [0.2, 0.25) is 0 Å². The normalized spacial score (nSPS) is 10.6. The minimum absolute atomic E-state index is 0.00160. The number of benzene rings is 2. The molecule has 128 valence electrons. The number of hydrogen-bond donors (Lipinski definition) is 2. The van der Waals surface area contributed by atoms with Gasteiger partial charge in [-0.3, -0.25) is 10.7 Å². The molecule has 0 radical (unpaired) electrons. The van der Waals surface area contributed by atoms with E-state index in [2.05, 4.69) is 4.98 Å². The van der Waals surface area contributed by atoms with E-state index in [1.54, 1.807) is 19.2 Å². The second-order valence-corrected chi connectivity index (χ2v) is 5.44. The minimum Gasteiger partial charge on any atom is -0.497 e. The Kier molecular flexibility index (Phi) is 4.81. The van der Waals surface area contributed by atoms with Crippen molar-refractivity contribution in [3.63, 3.8) is 0 Å². The van der Waals surface area contributed by atoms with Crippen LogP contribution in [0.4, 0.5) is 0 Å². The number of aromatic carboxylic acids is 1. The molecule has 0 atom stereocenters. The number of methoxy groups -OCH3 is 1. The zero-order valence-corrected chi connectivity index (χ0v) is 13.7. The lowest BCUT2D eigenvalue weighted by Crippen LogP contribution is -2.10. The van der Waals surface area contributed by atoms with Crippen molar-refractivity contribution in [2.24, 2.45) is 5.73 Å². The predicted molar refractivity (Wildman–Crippen MR) is 94.2 cm³/mol. The molecule has 0 saturated heterocycles. The van der Waals surface area contributed by atoms with Gasteiger partial charge in [0, 0.05) is 11.6 Å². The largest absolute Gasteiger partial charge is 0.497 e. The molecule has 0 unspecified atom stereocenters. The Labute approximate surface area is 144 Å². The molecule has 0 amide bonds. The van der Waals surface area contributed by atoms with Crippen molar-refractivity contribution in [3.05, 3.63) is 65.4 Å². The topological polar surface area (TPSA) is 94.7 Å². The standard InChI is InChI=1S/C19H18N2O4/c1-24-13-7-5-12(6-8-13)9-14-15(19(22)23)10-21-16-3-2-4-17(18(14)16)25-11-20/h2-8,10H,9,11,20H2,1H3,(H,22,23). The molecule has 0 fully saturated rings. The molecular weight excluding hydrogens is 320 g/mol. The fourth-order valence-electron chi connectivity index (χ4n) is 2.80. The molecule has 3 N–H and O–H groups in total. The second-order valence-electron chi connectivity index (χ2n) is 5.44. The van der Waals surface area contributed by atoms with Crippen LogP contribution in [0.2, 0.25) is 0 Å². The van der Waals surface area contributed by atoms with Gasteiger partial charge in [-0.2, -0.15) is 0 Å². The van der Waals surface area contributed by atoms with Crippen molar-refractivity contribution in [2.75, 3.05) is 13.8 Å². The molecule has 1 heterocycles. The van der Waals surface area contributed by atoms with Crippen LogP contribution in [-0.4, -0.2) is 29.9 Å². The van der Waals surface area contributed by atoms with E-state index in [9.17, 15) is 9.90 Å². The highest BCUT2D eigenvalue weighted by atomic mass is 16.5. The number of carboxylic acid groups (broad SMARTS) is 1. The summed E-state index contributed by atoms with van der Waals surface area (Å²) in [5.41, 5.74) is 7.93. The molecule has 1 aromatic heterocycles. The highest BCUT2D eigenvalue weighted by Crippen LogP contribution is 2.31. The third kappa shape index (κ3) is 3.39. The Bertz CT molecular complexity index is 907. The highest BCUT2D eigenvalue weighted by Gasteiger charge is 2.18. The van der Waals surface area contributed by atoms with Crippen LogP contribution in [0.5, 0.6) is 11.5 Å². The monoisotopic (exact) mass is 338 g/mol. The molecule has 6 nitrogen and oxygen atoms in total. The number of rotatable bonds is 6. The first kappa shape index (κ1) is 16.7. The van der Waals surface area contributed by atoms with Crippen molar-refractivity contribution < 1.29 is 19.4 Å². The van der Waals surface area contributed by atoms with Crippen LogP contribution in [0.15, 0.2) is 48.7 Å². The van der Waals surface area contributed by atoms with Crippen LogP contribution in [0, 0.1) is 0 Å². The molecule has 0 saturated carbocycles. The average Bonchev–Trinajstić information content (AvgIpc) is 2.62. The van der Waals surface area contributed by atoms with E-state index >= 15 is 0 Å². The summed E-state index contributed by atoms with van der Waals surface area (Å²) in [7, 11) is 1.60. The SMILES string of the molecule is COc1ccc(Cc2c(C(=O)O)cnc3cccc(OCN)c23)cc1. The molecule has 3 rings (SSSR count). The zero-order chi connectivity index (χ0) is 17.8. The van der Waals surface area contributed by atoms with E-state index in [0.29, 0.717) is 28.6 Å². The van der Waals surface area contributed by atoms with Crippen molar-refractivity contribution in [1.29, 1.82) is 0 Å². The number of nitrogens with zero attached hydrogens (tertiary/aromatic N) is 1. The number of hydrogen-bond acceptors (Lipinski definition) is 5. The first-order chi connectivity index (χ1) is 12.1. The summed E-state index contributed by atoms with van der Waals surface area (Å²) < 4.78 is 10.7. The summed E-state index contributed by atoms with van der Waals surface area (Å²) in [6.07, 6.45) is 1.81. The Morgan fingerprint density at radius 1 is 1.20 bits per heavy atom. The maximum Gasteiger partial charge on any atom is 0.337 e. The van der Waals surface area contributed by atoms with Crippen LogP contribution in [0.1, 0.15) is 21.5 Å². The number of ether oxygens (including phenoxy) is 2. The van der Waals surface area contributed by atoms with Gasteiger partial charge in [-0.15, -0.1) is 0 Å². The number of carboxylic acids is 1. The Balaban J connectivity index is 2.18. The lowest BCUT2D eigenvalue weighted by Gasteiger charge is -2.14. The summed E-state index contributed by atoms with van der Waals surface area (Å²) in [5, 5.41) is 10.3. The smallest absolute Gasteiger partial charge is 0.337 e. The van der Waals surface area contributed by atoms with Gasteiger partial charge in [0.25, 0.3) is 0 Å². The molecule has 2 aromatic carbocycles. The molecule has 0 aliphatic carbocycles. The summed E-state index contributed by atoms with van der Waals surface area (Å²) in [6, 6.07) is 12.9. The number of pyridine rings is 1. The number of carbonyl (C=O) groups is 1. The van der Waals surface area contributed by atoms with E-state index < -0.39 is 5.97 Å². The summed E-state index contributed by atoms with van der Waals surface area (Å²) >= 11 is 0. The first-order valence-corrected chi connectivity index (χ1v) is 7.73. The van der Waals surface area contributed by atoms with E-state index in [1.807, 2.05) is 30.3 Å². The minimum atomic E-state index is -1.03. The number of fused-ring (bicyclic) bond motifs is 1. The molecule has 0 aliphatic heterocycles. The molecule has 0 aliphatic rings. The van der Waals surface area contributed by atoms with Crippen molar-refractivity contribution in [1.82, 2.24) is 4.98 Å². The third-order valence-electron chi connectivity index (χ3n) is 3.97. The van der Waals surface area contributed by atoms with Gasteiger partial charge in [0.05, 0.1) is 18.2 Å². The van der Waals surface area contributed by atoms with Gasteiger partial charge in [-0.1, -0.05) is 18.2 Å². The van der Waals surface area contributed by atoms with Gasteiger partial charge in [0.1, 0.15) is 18.2 Å². The van der Waals surface area contributed by atoms with E-state index in [1.165, 1.54) is 6.20 Å². The van der Waals surface area contributed by atoms with Crippen LogP contribution in [0.3, 0.4) is 0 Å². The zero-order valence-electron chi connectivity index (χ0n) is 13.7. The van der Waals surface area contributed by atoms with E-state index in [-0.39, 0.29) is 12.3 Å². The van der Waals surface area contributed by atoms with E-state index in [4.69, 9.17) is 15.2 Å². The molecule has 3 aromatic rings. The Morgan fingerprint density at radius 2 is 1.96 bits per heavy atom. The van der Waals surface area contributed by atoms with Crippen LogP contribution >= 0.6 is 0 Å². The van der Waals surface area contributed by atoms with Crippen LogP contribution in [-0.2, 0) is 6.42 Å². The fraction of sp³-hybridized carbons (Fsp3) is 0.158. The molecular formula is C19H18N2O4. The Hall–Kier alpha value is -3.12. The lowest BCUT2D eigenvalue weighted by molar-refractivity contribution is 0.0695. The summed E-state index contributed by atoms with van der Waals surface area (Å²) in [5.74, 6) is 0.244. The van der Waals surface area contributed by atoms with Crippen LogP contribution < -0.4 is 15.2 Å². The van der Waals surface area contributed by atoms with Gasteiger partial charge in [0.15, 0.2) is 0 Å². The van der Waals surface area contributed by atoms with Crippen LogP contribution in [0.25, 0.3) is 10.9 Å². The number of aromatic nitrogens is 1. The second kappa shape index (κ2) is 7.19. The molecule has 0 bridgehead atoms. The summed E-state index contributed by atoms with van der Waals surface area (Å²) in [4.78, 5) is 16.0. The van der Waals surface area contributed by atoms with Crippen molar-refractivity contribution >= 4 is 16.9 Å². The number of nitrogens with two attached hydrogens (primary N) is 1. The molecule has 0 spiro atoms. The van der Waals surface area contributed by atoms with Gasteiger partial charge >= 0.3 is 5.97 Å². The Morgan fingerprint density at radius 3 is 2.60 bits per heavy atom. The first-order valence-electron chi connectivity index (χ1n) is 7.73.